The number of hydrogen-bond acceptors (Lipinski definition) is 21. The normalized spacial score (nSPS) is 39.0. The van der Waals surface area contributed by atoms with Gasteiger partial charge in [0.15, 0.2) is 0 Å². The van der Waals surface area contributed by atoms with Crippen molar-refractivity contribution in [2.75, 3.05) is 33.0 Å². The smallest absolute Gasteiger partial charge is 0.109 e. The highest BCUT2D eigenvalue weighted by molar-refractivity contribution is 5.17. The average molecular weight is 955 g/mol. The Kier molecular flexibility index (Phi) is 29.6. The highest BCUT2D eigenvalue weighted by atomic mass is 16.4. The van der Waals surface area contributed by atoms with Crippen LogP contribution >= 0.6 is 0 Å². The number of benzene rings is 1. The van der Waals surface area contributed by atoms with Gasteiger partial charge in [-0.05, 0) is 24.8 Å². The van der Waals surface area contributed by atoms with Gasteiger partial charge in [-0.2, -0.15) is 0 Å². The van der Waals surface area contributed by atoms with E-state index in [0.29, 0.717) is 6.42 Å². The molecule has 5 unspecified atom stereocenters. The maximum absolute atomic E-state index is 9.94. The van der Waals surface area contributed by atoms with E-state index in [0.717, 1.165) is 44.1 Å². The first kappa shape index (κ1) is 60.5. The van der Waals surface area contributed by atoms with E-state index < -0.39 is 103 Å². The molecular formula is C45H86N4O17. The first-order chi connectivity index (χ1) is 31.5. The van der Waals surface area contributed by atoms with Crippen LogP contribution in [0.5, 0.6) is 0 Å². The van der Waals surface area contributed by atoms with E-state index in [2.05, 4.69) is 28.2 Å². The SMILES string of the molecule is CCCCC1N[C@H](CO)[C@@H](O)[C@H](O)[C@H]1O.CCCCCCCCCC1N[C@H](CO)[C@@H](O)[C@H](O)[C@H]1O.OCC1N[C@H](CO)[C@@H](O)C(O)[C@H]1O.OC[C@H]1NC(Cc2ccccc2)[C@H](O)[C@@H](O)[C@@H]1O. The van der Waals surface area contributed by atoms with Gasteiger partial charge in [0.1, 0.15) is 24.4 Å². The summed E-state index contributed by atoms with van der Waals surface area (Å²) in [6, 6.07) is 5.54. The Morgan fingerprint density at radius 2 is 0.591 bits per heavy atom. The molecule has 4 heterocycles. The molecule has 5 rings (SSSR count). The number of nitrogens with one attached hydrogen (secondary N) is 4. The molecule has 0 saturated carbocycles. The van der Waals surface area contributed by atoms with Crippen LogP contribution in [0.3, 0.4) is 0 Å². The van der Waals surface area contributed by atoms with Gasteiger partial charge < -0.3 is 108 Å². The molecule has 66 heavy (non-hydrogen) atoms. The van der Waals surface area contributed by atoms with Crippen molar-refractivity contribution >= 4 is 0 Å². The minimum atomic E-state index is -1.34. The van der Waals surface area contributed by atoms with Crippen LogP contribution in [0.15, 0.2) is 30.3 Å². The number of rotatable bonds is 18. The standard InChI is InChI=1S/C15H31NO4.C13H19NO4.C10H21NO4.C7H15NO5/c1-2-3-4-5-6-7-8-9-11-13(18)15(20)14(19)12(10-17)16-11;15-7-10-12(17)13(18)11(16)9(14-10)6-8-4-2-1-3-5-8;1-2-3-4-6-8(13)10(15)9(14)7(5-12)11-6;9-1-3-5(11)7(13)6(12)4(2-10)8-3/h11-20H,2-10H2,1H3;1-5,9-18H,6-7H2;6-15H,2-5H2,1H3;3-13H,1-2H2/t11?,12-,13+,14-,15-;9?,10-,11+,12-,13-;6?,7-,8+,9-,10-;3-,4?,5-,6+,7?/m1111/s1. The Balaban J connectivity index is 0.000000306. The van der Waals surface area contributed by atoms with Gasteiger partial charge in [-0.1, -0.05) is 102 Å². The highest BCUT2D eigenvalue weighted by Crippen LogP contribution is 2.22. The molecule has 4 saturated heterocycles. The molecule has 4 fully saturated rings. The van der Waals surface area contributed by atoms with Crippen molar-refractivity contribution in [3.8, 4) is 0 Å². The van der Waals surface area contributed by atoms with E-state index in [-0.39, 0.29) is 51.2 Å². The van der Waals surface area contributed by atoms with Gasteiger partial charge in [0.05, 0.1) is 112 Å². The Morgan fingerprint density at radius 3 is 0.939 bits per heavy atom. The molecule has 0 radical (unpaired) electrons. The average Bonchev–Trinajstić information content (AvgIpc) is 3.33. The van der Waals surface area contributed by atoms with Crippen LogP contribution in [0, 0.1) is 0 Å². The molecular weight excluding hydrogens is 869 g/mol. The van der Waals surface area contributed by atoms with Gasteiger partial charge in [-0.15, -0.1) is 0 Å². The zero-order valence-electron chi connectivity index (χ0n) is 38.6. The van der Waals surface area contributed by atoms with Crippen LogP contribution in [0.2, 0.25) is 0 Å². The van der Waals surface area contributed by atoms with Crippen molar-refractivity contribution in [2.45, 2.75) is 212 Å². The van der Waals surface area contributed by atoms with Gasteiger partial charge >= 0.3 is 0 Å². The van der Waals surface area contributed by atoms with Crippen molar-refractivity contribution in [1.82, 2.24) is 21.3 Å². The number of hydrogen-bond donors (Lipinski definition) is 21. The topological polar surface area (TPSA) is 392 Å². The van der Waals surface area contributed by atoms with Crippen LogP contribution < -0.4 is 21.3 Å². The number of unbranched alkanes of at least 4 members (excludes halogenated alkanes) is 7. The van der Waals surface area contributed by atoms with Crippen LogP contribution in [-0.2, 0) is 6.42 Å². The molecule has 0 bridgehead atoms. The van der Waals surface area contributed by atoms with Crippen LogP contribution in [-0.4, -0.2) is 241 Å². The lowest BCUT2D eigenvalue weighted by atomic mass is 9.87. The second kappa shape index (κ2) is 32.3. The molecule has 0 amide bonds. The van der Waals surface area contributed by atoms with Crippen molar-refractivity contribution in [1.29, 1.82) is 0 Å². The van der Waals surface area contributed by atoms with E-state index in [9.17, 15) is 61.3 Å². The fraction of sp³-hybridized carbons (Fsp3) is 0.867. The predicted molar refractivity (Wildman–Crippen MR) is 243 cm³/mol. The van der Waals surface area contributed by atoms with Gasteiger partial charge in [0.2, 0.25) is 0 Å². The maximum Gasteiger partial charge on any atom is 0.109 e. The molecule has 4 aliphatic heterocycles. The minimum absolute atomic E-state index is 0.238. The lowest BCUT2D eigenvalue weighted by molar-refractivity contribution is -0.125. The molecule has 21 nitrogen and oxygen atoms in total. The van der Waals surface area contributed by atoms with E-state index in [1.54, 1.807) is 0 Å². The number of aliphatic hydroxyl groups is 17. The molecule has 1 aromatic rings. The Bertz CT molecular complexity index is 1340. The van der Waals surface area contributed by atoms with Gasteiger partial charge in [0, 0.05) is 18.1 Å². The zero-order valence-corrected chi connectivity index (χ0v) is 38.6. The van der Waals surface area contributed by atoms with Crippen LogP contribution in [0.4, 0.5) is 0 Å². The summed E-state index contributed by atoms with van der Waals surface area (Å²) in [6.07, 6.45) is -1.34. The Labute approximate surface area is 388 Å². The van der Waals surface area contributed by atoms with E-state index >= 15 is 0 Å². The second-order valence-corrected chi connectivity index (χ2v) is 18.1. The van der Waals surface area contributed by atoms with Crippen LogP contribution in [0.25, 0.3) is 0 Å². The molecule has 0 aliphatic carbocycles. The largest absolute Gasteiger partial charge is 0.395 e. The summed E-state index contributed by atoms with van der Waals surface area (Å²) in [6.45, 7) is 2.77. The molecule has 0 spiro atoms. The fourth-order valence-corrected chi connectivity index (χ4v) is 8.71. The maximum atomic E-state index is 9.94. The quantitative estimate of drug-likeness (QED) is 0.0609. The minimum Gasteiger partial charge on any atom is -0.395 e. The van der Waals surface area contributed by atoms with Crippen LogP contribution in [0.1, 0.15) is 90.0 Å². The lowest BCUT2D eigenvalue weighted by Gasteiger charge is -2.41. The van der Waals surface area contributed by atoms with Crippen molar-refractivity contribution < 1.29 is 86.8 Å². The summed E-state index contributed by atoms with van der Waals surface area (Å²) in [5.41, 5.74) is 1.02. The summed E-state index contributed by atoms with van der Waals surface area (Å²) in [5, 5.41) is 172. The molecule has 1 aromatic carbocycles. The summed E-state index contributed by atoms with van der Waals surface area (Å²) < 4.78 is 0. The third kappa shape index (κ3) is 18.3. The van der Waals surface area contributed by atoms with E-state index in [4.69, 9.17) is 25.5 Å². The first-order valence-corrected chi connectivity index (χ1v) is 23.8. The molecule has 21 heteroatoms. The lowest BCUT2D eigenvalue weighted by Crippen LogP contribution is -2.66. The first-order valence-electron chi connectivity index (χ1n) is 23.8. The Hall–Kier alpha value is -1.62. The van der Waals surface area contributed by atoms with Gasteiger partial charge in [0.25, 0.3) is 0 Å². The van der Waals surface area contributed by atoms with E-state index in [1.807, 2.05) is 37.3 Å². The van der Waals surface area contributed by atoms with Gasteiger partial charge in [-0.3, -0.25) is 0 Å². The van der Waals surface area contributed by atoms with E-state index in [1.165, 1.54) is 32.1 Å². The summed E-state index contributed by atoms with van der Waals surface area (Å²) in [4.78, 5) is 0. The molecule has 388 valence electrons. The van der Waals surface area contributed by atoms with Crippen molar-refractivity contribution in [2.24, 2.45) is 0 Å². The van der Waals surface area contributed by atoms with Crippen molar-refractivity contribution in [3.63, 3.8) is 0 Å². The monoisotopic (exact) mass is 955 g/mol. The number of piperidine rings is 4. The second-order valence-electron chi connectivity index (χ2n) is 18.1. The van der Waals surface area contributed by atoms with Gasteiger partial charge in [-0.25, -0.2) is 0 Å². The number of aliphatic hydroxyl groups excluding tert-OH is 17. The third-order valence-electron chi connectivity index (χ3n) is 13.1. The summed E-state index contributed by atoms with van der Waals surface area (Å²) in [7, 11) is 0. The zero-order chi connectivity index (χ0) is 49.5. The molecule has 20 atom stereocenters. The fourth-order valence-electron chi connectivity index (χ4n) is 8.71. The van der Waals surface area contributed by atoms with Crippen molar-refractivity contribution in [3.05, 3.63) is 35.9 Å². The summed E-state index contributed by atoms with van der Waals surface area (Å²) in [5.74, 6) is 0. The predicted octanol–water partition coefficient (Wildman–Crippen LogP) is -5.83. The summed E-state index contributed by atoms with van der Waals surface area (Å²) >= 11 is 0. The third-order valence-corrected chi connectivity index (χ3v) is 13.1. The molecule has 0 aromatic heterocycles. The molecule has 4 aliphatic rings. The highest BCUT2D eigenvalue weighted by Gasteiger charge is 2.44. The molecule has 21 N–H and O–H groups in total. The Morgan fingerprint density at radius 1 is 0.318 bits per heavy atom.